The Balaban J connectivity index is 1.87. The number of hydrogen-bond acceptors (Lipinski definition) is 3. The van der Waals surface area contributed by atoms with Gasteiger partial charge in [-0.15, -0.1) is 0 Å². The average molecular weight is 255 g/mol. The summed E-state index contributed by atoms with van der Waals surface area (Å²) in [7, 11) is 0. The van der Waals surface area contributed by atoms with E-state index in [1.165, 1.54) is 6.42 Å². The smallest absolute Gasteiger partial charge is 0.326 e. The van der Waals surface area contributed by atoms with Gasteiger partial charge in [-0.05, 0) is 25.8 Å². The van der Waals surface area contributed by atoms with Crippen molar-refractivity contribution in [2.24, 2.45) is 0 Å². The molecule has 2 heterocycles. The van der Waals surface area contributed by atoms with Crippen LogP contribution in [0.15, 0.2) is 0 Å². The molecular formula is C12H21N3O3. The lowest BCUT2D eigenvalue weighted by Crippen LogP contribution is -2.56. The van der Waals surface area contributed by atoms with Crippen molar-refractivity contribution < 1.29 is 14.7 Å². The van der Waals surface area contributed by atoms with Crippen LogP contribution in [0.25, 0.3) is 0 Å². The topological polar surface area (TPSA) is 72.9 Å². The first-order valence-corrected chi connectivity index (χ1v) is 6.64. The molecule has 2 fully saturated rings. The molecule has 2 unspecified atom stereocenters. The monoisotopic (exact) mass is 255 g/mol. The quantitative estimate of drug-likeness (QED) is 0.762. The molecule has 0 bridgehead atoms. The normalized spacial score (nSPS) is 25.6. The molecule has 6 heteroatoms. The maximum absolute atomic E-state index is 12.0. The van der Waals surface area contributed by atoms with Gasteiger partial charge < -0.3 is 15.3 Å². The van der Waals surface area contributed by atoms with Gasteiger partial charge in [0.25, 0.3) is 0 Å². The number of urea groups is 1. The van der Waals surface area contributed by atoms with Gasteiger partial charge in [0, 0.05) is 25.7 Å². The standard InChI is InChI=1S/C12H21N3O3/c1-2-10(11(16)17)13-12(18)15-7-6-14-5-3-4-9(14)8-15/h9-10H,2-8H2,1H3,(H,13,18)(H,16,17). The fourth-order valence-corrected chi connectivity index (χ4v) is 2.75. The number of amides is 2. The number of nitrogens with zero attached hydrogens (tertiary/aromatic N) is 2. The second kappa shape index (κ2) is 5.56. The molecule has 0 aromatic rings. The zero-order valence-electron chi connectivity index (χ0n) is 10.8. The highest BCUT2D eigenvalue weighted by atomic mass is 16.4. The SMILES string of the molecule is CCC(NC(=O)N1CCN2CCCC2C1)C(=O)O. The highest BCUT2D eigenvalue weighted by Gasteiger charge is 2.33. The fourth-order valence-electron chi connectivity index (χ4n) is 2.75. The Morgan fingerprint density at radius 3 is 2.83 bits per heavy atom. The number of hydrogen-bond donors (Lipinski definition) is 2. The van der Waals surface area contributed by atoms with Gasteiger partial charge in [-0.2, -0.15) is 0 Å². The number of carboxylic acid groups (broad SMARTS) is 1. The summed E-state index contributed by atoms with van der Waals surface area (Å²) in [4.78, 5) is 27.0. The van der Waals surface area contributed by atoms with Crippen molar-refractivity contribution in [3.63, 3.8) is 0 Å². The molecule has 2 N–H and O–H groups in total. The van der Waals surface area contributed by atoms with Gasteiger partial charge in [0.15, 0.2) is 0 Å². The molecule has 18 heavy (non-hydrogen) atoms. The van der Waals surface area contributed by atoms with Gasteiger partial charge in [0.1, 0.15) is 6.04 Å². The summed E-state index contributed by atoms with van der Waals surface area (Å²) < 4.78 is 0. The third-order valence-corrected chi connectivity index (χ3v) is 3.88. The molecule has 0 aliphatic carbocycles. The molecule has 2 aliphatic rings. The van der Waals surface area contributed by atoms with Crippen LogP contribution in [0.3, 0.4) is 0 Å². The van der Waals surface area contributed by atoms with Crippen LogP contribution >= 0.6 is 0 Å². The minimum Gasteiger partial charge on any atom is -0.480 e. The second-order valence-electron chi connectivity index (χ2n) is 5.03. The second-order valence-corrected chi connectivity index (χ2v) is 5.03. The van der Waals surface area contributed by atoms with E-state index in [9.17, 15) is 9.59 Å². The lowest BCUT2D eigenvalue weighted by molar-refractivity contribution is -0.139. The molecule has 2 amide bonds. The number of rotatable bonds is 3. The zero-order chi connectivity index (χ0) is 13.1. The molecule has 0 aromatic heterocycles. The minimum absolute atomic E-state index is 0.240. The molecule has 0 spiro atoms. The van der Waals surface area contributed by atoms with Crippen molar-refractivity contribution in [1.29, 1.82) is 0 Å². The highest BCUT2D eigenvalue weighted by Crippen LogP contribution is 2.21. The average Bonchev–Trinajstić information content (AvgIpc) is 2.82. The van der Waals surface area contributed by atoms with Crippen LogP contribution < -0.4 is 5.32 Å². The number of carbonyl (C=O) groups excluding carboxylic acids is 1. The molecule has 2 saturated heterocycles. The van der Waals surface area contributed by atoms with Gasteiger partial charge >= 0.3 is 12.0 Å². The van der Waals surface area contributed by atoms with Crippen molar-refractivity contribution in [3.05, 3.63) is 0 Å². The first-order valence-electron chi connectivity index (χ1n) is 6.64. The molecule has 6 nitrogen and oxygen atoms in total. The van der Waals surface area contributed by atoms with Gasteiger partial charge in [0.05, 0.1) is 0 Å². The van der Waals surface area contributed by atoms with E-state index < -0.39 is 12.0 Å². The van der Waals surface area contributed by atoms with Crippen molar-refractivity contribution in [1.82, 2.24) is 15.1 Å². The van der Waals surface area contributed by atoms with Crippen molar-refractivity contribution in [2.75, 3.05) is 26.2 Å². The molecule has 2 aliphatic heterocycles. The Kier molecular flexibility index (Phi) is 4.06. The Labute approximate surface area is 107 Å². The number of carboxylic acids is 1. The number of carbonyl (C=O) groups is 2. The van der Waals surface area contributed by atoms with E-state index >= 15 is 0 Å². The van der Waals surface area contributed by atoms with Crippen LogP contribution in [0.2, 0.25) is 0 Å². The minimum atomic E-state index is -0.967. The van der Waals surface area contributed by atoms with Gasteiger partial charge in [-0.3, -0.25) is 4.90 Å². The molecule has 0 saturated carbocycles. The first-order chi connectivity index (χ1) is 8.61. The number of fused-ring (bicyclic) bond motifs is 1. The van der Waals surface area contributed by atoms with Crippen molar-refractivity contribution in [2.45, 2.75) is 38.3 Å². The third kappa shape index (κ3) is 2.75. The summed E-state index contributed by atoms with van der Waals surface area (Å²) in [5.74, 6) is -0.967. The molecular weight excluding hydrogens is 234 g/mol. The van der Waals surface area contributed by atoms with E-state index in [1.807, 2.05) is 0 Å². The predicted molar refractivity (Wildman–Crippen MR) is 66.4 cm³/mol. The van der Waals surface area contributed by atoms with E-state index in [0.29, 0.717) is 19.0 Å². The first kappa shape index (κ1) is 13.1. The van der Waals surface area contributed by atoms with Crippen LogP contribution in [-0.2, 0) is 4.79 Å². The number of aliphatic carboxylic acids is 1. The molecule has 2 atom stereocenters. The van der Waals surface area contributed by atoms with Crippen LogP contribution in [0.4, 0.5) is 4.79 Å². The Morgan fingerprint density at radius 2 is 2.17 bits per heavy atom. The lowest BCUT2D eigenvalue weighted by atomic mass is 10.1. The van der Waals surface area contributed by atoms with Crippen molar-refractivity contribution in [3.8, 4) is 0 Å². The summed E-state index contributed by atoms with van der Waals surface area (Å²) in [5.41, 5.74) is 0. The Morgan fingerprint density at radius 1 is 1.39 bits per heavy atom. The zero-order valence-corrected chi connectivity index (χ0v) is 10.8. The Bertz CT molecular complexity index is 335. The summed E-state index contributed by atoms with van der Waals surface area (Å²) in [5, 5.41) is 11.5. The maximum Gasteiger partial charge on any atom is 0.326 e. The number of piperazine rings is 1. The summed E-state index contributed by atoms with van der Waals surface area (Å²) in [6.07, 6.45) is 2.75. The summed E-state index contributed by atoms with van der Waals surface area (Å²) in [6.45, 7) is 5.21. The van der Waals surface area contributed by atoms with Crippen LogP contribution in [0.5, 0.6) is 0 Å². The van der Waals surface area contributed by atoms with E-state index in [1.54, 1.807) is 11.8 Å². The lowest BCUT2D eigenvalue weighted by Gasteiger charge is -2.37. The van der Waals surface area contributed by atoms with E-state index in [0.717, 1.165) is 26.1 Å². The fraction of sp³-hybridized carbons (Fsp3) is 0.833. The maximum atomic E-state index is 12.0. The highest BCUT2D eigenvalue weighted by molar-refractivity contribution is 5.82. The summed E-state index contributed by atoms with van der Waals surface area (Å²) >= 11 is 0. The largest absolute Gasteiger partial charge is 0.480 e. The van der Waals surface area contributed by atoms with Gasteiger partial charge in [0.2, 0.25) is 0 Å². The van der Waals surface area contributed by atoms with Crippen LogP contribution in [0, 0.1) is 0 Å². The summed E-state index contributed by atoms with van der Waals surface area (Å²) in [6, 6.07) is -0.552. The van der Waals surface area contributed by atoms with Gasteiger partial charge in [-0.1, -0.05) is 6.92 Å². The molecule has 0 aromatic carbocycles. The predicted octanol–water partition coefficient (Wildman–Crippen LogP) is 0.339. The Hall–Kier alpha value is -1.30. The number of nitrogens with one attached hydrogen (secondary N) is 1. The molecule has 2 rings (SSSR count). The van der Waals surface area contributed by atoms with E-state index in [4.69, 9.17) is 5.11 Å². The van der Waals surface area contributed by atoms with Crippen LogP contribution in [0.1, 0.15) is 26.2 Å². The van der Waals surface area contributed by atoms with Crippen molar-refractivity contribution >= 4 is 12.0 Å². The van der Waals surface area contributed by atoms with E-state index in [-0.39, 0.29) is 6.03 Å². The van der Waals surface area contributed by atoms with Gasteiger partial charge in [-0.25, -0.2) is 9.59 Å². The third-order valence-electron chi connectivity index (χ3n) is 3.88. The molecule has 102 valence electrons. The molecule has 0 radical (unpaired) electrons. The van der Waals surface area contributed by atoms with Crippen LogP contribution in [-0.4, -0.2) is 65.2 Å². The van der Waals surface area contributed by atoms with E-state index in [2.05, 4.69) is 10.2 Å².